The van der Waals surface area contributed by atoms with Crippen molar-refractivity contribution < 1.29 is 9.31 Å². The highest BCUT2D eigenvalue weighted by Gasteiger charge is 2.51. The van der Waals surface area contributed by atoms with Gasteiger partial charge in [0.1, 0.15) is 0 Å². The van der Waals surface area contributed by atoms with Gasteiger partial charge in [0.25, 0.3) is 0 Å². The van der Waals surface area contributed by atoms with Gasteiger partial charge >= 0.3 is 7.12 Å². The van der Waals surface area contributed by atoms with Crippen molar-refractivity contribution in [1.29, 1.82) is 0 Å². The van der Waals surface area contributed by atoms with Crippen LogP contribution >= 0.6 is 0 Å². The summed E-state index contributed by atoms with van der Waals surface area (Å²) in [6, 6.07) is 6.77. The van der Waals surface area contributed by atoms with Gasteiger partial charge in [-0.15, -0.1) is 0 Å². The Balaban J connectivity index is 1.79. The third-order valence-electron chi connectivity index (χ3n) is 6.49. The lowest BCUT2D eigenvalue weighted by Crippen LogP contribution is -2.41. The molecule has 0 unspecified atom stereocenters. The van der Waals surface area contributed by atoms with Gasteiger partial charge in [-0.3, -0.25) is 0 Å². The highest BCUT2D eigenvalue weighted by atomic mass is 16.7. The van der Waals surface area contributed by atoms with E-state index >= 15 is 0 Å². The Kier molecular flexibility index (Phi) is 4.34. The van der Waals surface area contributed by atoms with E-state index in [1.807, 2.05) is 0 Å². The maximum Gasteiger partial charge on any atom is 0.491 e. The van der Waals surface area contributed by atoms with Crippen LogP contribution in [0.5, 0.6) is 0 Å². The molecule has 2 aromatic rings. The Bertz CT molecular complexity index is 910. The first kappa shape index (κ1) is 18.8. The molecule has 0 spiro atoms. The van der Waals surface area contributed by atoms with Gasteiger partial charge in [0.15, 0.2) is 0 Å². The van der Waals surface area contributed by atoms with Crippen LogP contribution in [0.1, 0.15) is 51.4 Å². The van der Waals surface area contributed by atoms with Crippen molar-refractivity contribution in [2.45, 2.75) is 65.7 Å². The lowest BCUT2D eigenvalue weighted by molar-refractivity contribution is 0.00578. The molecule has 144 valence electrons. The highest BCUT2D eigenvalue weighted by molar-refractivity contribution is 6.55. The lowest BCUT2D eigenvalue weighted by atomic mass is 9.80. The molecule has 4 nitrogen and oxygen atoms in total. The first-order valence-electron chi connectivity index (χ1n) is 9.94. The Morgan fingerprint density at radius 2 is 1.81 bits per heavy atom. The monoisotopic (exact) mass is 366 g/mol. The third-order valence-corrected chi connectivity index (χ3v) is 6.49. The van der Waals surface area contributed by atoms with Crippen molar-refractivity contribution in [2.75, 3.05) is 13.6 Å². The summed E-state index contributed by atoms with van der Waals surface area (Å²) in [6.07, 6.45) is 3.29. The number of hydrogen-bond acceptors (Lipinski definition) is 3. The Labute approximate surface area is 163 Å². The van der Waals surface area contributed by atoms with Gasteiger partial charge in [-0.1, -0.05) is 11.6 Å². The number of nitrogens with zero attached hydrogens (tertiary/aromatic N) is 2. The molecule has 4 rings (SSSR count). The second-order valence-electron chi connectivity index (χ2n) is 9.27. The molecular weight excluding hydrogens is 335 g/mol. The number of hydrogen-bond donors (Lipinski definition) is 0. The van der Waals surface area contributed by atoms with E-state index < -0.39 is 0 Å². The Hall–Kier alpha value is -1.56. The van der Waals surface area contributed by atoms with Crippen LogP contribution in [0.2, 0.25) is 0 Å². The van der Waals surface area contributed by atoms with E-state index in [0.29, 0.717) is 0 Å². The zero-order valence-corrected chi connectivity index (χ0v) is 17.7. The smallest absolute Gasteiger partial charge is 0.400 e. The summed E-state index contributed by atoms with van der Waals surface area (Å²) in [5, 5.41) is 1.37. The fourth-order valence-corrected chi connectivity index (χ4v) is 4.08. The molecule has 0 amide bonds. The summed E-state index contributed by atoms with van der Waals surface area (Å²) < 4.78 is 14.9. The quantitative estimate of drug-likeness (QED) is 0.736. The van der Waals surface area contributed by atoms with E-state index in [-0.39, 0.29) is 18.3 Å². The first-order valence-corrected chi connectivity index (χ1v) is 9.94. The summed E-state index contributed by atoms with van der Waals surface area (Å²) in [4.78, 5) is 2.40. The zero-order valence-electron chi connectivity index (χ0n) is 17.7. The molecule has 5 heteroatoms. The number of aryl methyl sites for hydroxylation is 1. The summed E-state index contributed by atoms with van der Waals surface area (Å²) in [7, 11) is 1.90. The summed E-state index contributed by atoms with van der Waals surface area (Å²) >= 11 is 0. The predicted molar refractivity (Wildman–Crippen MR) is 113 cm³/mol. The topological polar surface area (TPSA) is 26.6 Å². The van der Waals surface area contributed by atoms with Crippen LogP contribution < -0.4 is 0 Å². The molecule has 3 heterocycles. The average Bonchev–Trinajstić information content (AvgIpc) is 2.98. The minimum absolute atomic E-state index is 0.306. The number of aromatic nitrogens is 1. The molecule has 0 aliphatic carbocycles. The lowest BCUT2D eigenvalue weighted by Gasteiger charge is -2.32. The predicted octanol–water partition coefficient (Wildman–Crippen LogP) is 4.43. The Morgan fingerprint density at radius 3 is 2.48 bits per heavy atom. The molecule has 2 aliphatic heterocycles. The molecule has 2 aliphatic rings. The molecular formula is C22H31BN2O2. The van der Waals surface area contributed by atoms with Gasteiger partial charge < -0.3 is 18.8 Å². The molecule has 1 aromatic carbocycles. The number of benzene rings is 1. The van der Waals surface area contributed by atoms with Crippen LogP contribution in [0.15, 0.2) is 23.7 Å². The van der Waals surface area contributed by atoms with Crippen LogP contribution in [0.4, 0.5) is 0 Å². The molecule has 1 saturated heterocycles. The van der Waals surface area contributed by atoms with E-state index in [9.17, 15) is 0 Å². The van der Waals surface area contributed by atoms with Crippen molar-refractivity contribution in [2.24, 2.45) is 0 Å². The summed E-state index contributed by atoms with van der Waals surface area (Å²) in [6.45, 7) is 14.8. The van der Waals surface area contributed by atoms with Crippen LogP contribution in [-0.2, 0) is 22.3 Å². The molecule has 0 N–H and O–H groups in total. The van der Waals surface area contributed by atoms with Crippen LogP contribution in [0.3, 0.4) is 0 Å². The van der Waals surface area contributed by atoms with Gasteiger partial charge in [-0.05, 0) is 71.8 Å². The molecule has 0 bridgehead atoms. The van der Waals surface area contributed by atoms with Crippen molar-refractivity contribution in [3.05, 3.63) is 40.5 Å². The molecule has 1 fully saturated rings. The fourth-order valence-electron chi connectivity index (χ4n) is 4.08. The molecule has 1 aromatic heterocycles. The minimum atomic E-state index is -0.315. The minimum Gasteiger partial charge on any atom is -0.400 e. The largest absolute Gasteiger partial charge is 0.491 e. The van der Waals surface area contributed by atoms with E-state index in [0.717, 1.165) is 25.0 Å². The van der Waals surface area contributed by atoms with Crippen LogP contribution in [0, 0.1) is 6.92 Å². The zero-order chi connectivity index (χ0) is 19.6. The average molecular weight is 366 g/mol. The molecule has 0 atom stereocenters. The van der Waals surface area contributed by atoms with Crippen molar-refractivity contribution in [3.8, 4) is 0 Å². The fraction of sp³-hybridized carbons (Fsp3) is 0.545. The maximum absolute atomic E-state index is 6.25. The van der Waals surface area contributed by atoms with E-state index in [2.05, 4.69) is 82.5 Å². The number of rotatable bonds is 2. The Morgan fingerprint density at radius 1 is 1.15 bits per heavy atom. The molecule has 27 heavy (non-hydrogen) atoms. The van der Waals surface area contributed by atoms with Gasteiger partial charge in [-0.2, -0.15) is 0 Å². The second kappa shape index (κ2) is 6.23. The number of allylic oxidation sites excluding steroid dienone is 1. The van der Waals surface area contributed by atoms with E-state index in [1.165, 1.54) is 27.7 Å². The van der Waals surface area contributed by atoms with Crippen LogP contribution in [-0.4, -0.2) is 41.4 Å². The number of fused-ring (bicyclic) bond motifs is 3. The first-order chi connectivity index (χ1) is 12.6. The summed E-state index contributed by atoms with van der Waals surface area (Å²) in [5.41, 5.74) is 5.94. The van der Waals surface area contributed by atoms with E-state index in [1.54, 1.807) is 0 Å². The second-order valence-corrected chi connectivity index (χ2v) is 9.27. The van der Waals surface area contributed by atoms with Gasteiger partial charge in [-0.25, -0.2) is 0 Å². The van der Waals surface area contributed by atoms with Crippen molar-refractivity contribution in [3.63, 3.8) is 0 Å². The summed E-state index contributed by atoms with van der Waals surface area (Å²) in [5.74, 6) is 0. The van der Waals surface area contributed by atoms with Crippen molar-refractivity contribution in [1.82, 2.24) is 9.47 Å². The number of likely N-dealkylation sites (N-methyl/N-ethyl adjacent to an activating group) is 1. The van der Waals surface area contributed by atoms with Crippen molar-refractivity contribution >= 4 is 24.2 Å². The maximum atomic E-state index is 6.25. The normalized spacial score (nSPS) is 22.5. The highest BCUT2D eigenvalue weighted by Crippen LogP contribution is 2.39. The molecule has 0 radical (unpaired) electrons. The van der Waals surface area contributed by atoms with E-state index in [4.69, 9.17) is 9.31 Å². The van der Waals surface area contributed by atoms with Crippen LogP contribution in [0.25, 0.3) is 17.1 Å². The van der Waals surface area contributed by atoms with Gasteiger partial charge in [0.2, 0.25) is 0 Å². The molecule has 0 saturated carbocycles. The standard InChI is InChI=1S/C22H31BN2O2/c1-15-8-9-19-17(12-15)18-14-24(7)11-10-20(18)25(19)13-16(2)23-26-21(3,4)22(5,6)27-23/h8-9,12-13H,10-11,14H2,1-7H3. The van der Waals surface area contributed by atoms with Gasteiger partial charge in [0, 0.05) is 36.8 Å². The third kappa shape index (κ3) is 3.06. The van der Waals surface area contributed by atoms with Gasteiger partial charge in [0.05, 0.1) is 16.7 Å². The SMILES string of the molecule is CC(=Cn1c2c(c3cc(C)ccc31)CN(C)CC2)B1OC(C)(C)C(C)(C)O1.